The fourth-order valence-electron chi connectivity index (χ4n) is 2.24. The lowest BCUT2D eigenvalue weighted by Crippen LogP contribution is -2.36. The minimum absolute atomic E-state index is 0.689. The number of hydrogen-bond donors (Lipinski definition) is 2. The number of aromatic amines is 1. The molecule has 0 aliphatic heterocycles. The highest BCUT2D eigenvalue weighted by molar-refractivity contribution is 4.88. The lowest BCUT2D eigenvalue weighted by Gasteiger charge is -2.29. The number of nitrogens with zero attached hydrogens (tertiary/aromatic N) is 1. The quantitative estimate of drug-likeness (QED) is 0.771. The molecular formula is C11H19N3. The van der Waals surface area contributed by atoms with E-state index in [-0.39, 0.29) is 0 Å². The molecule has 1 aliphatic rings. The van der Waals surface area contributed by atoms with Crippen molar-refractivity contribution in [2.75, 3.05) is 0 Å². The molecule has 2 atom stereocenters. The molecule has 0 spiro atoms. The largest absolute Gasteiger partial charge is 0.348 e. The molecule has 1 saturated carbocycles. The maximum Gasteiger partial charge on any atom is 0.120 e. The van der Waals surface area contributed by atoms with Crippen LogP contribution in [0.5, 0.6) is 0 Å². The van der Waals surface area contributed by atoms with Gasteiger partial charge in [0.1, 0.15) is 5.82 Å². The van der Waals surface area contributed by atoms with Gasteiger partial charge in [0.05, 0.1) is 6.54 Å². The number of nitrogens with one attached hydrogen (secondary N) is 2. The smallest absolute Gasteiger partial charge is 0.120 e. The summed E-state index contributed by atoms with van der Waals surface area (Å²) in [6, 6.07) is 0.689. The van der Waals surface area contributed by atoms with Crippen molar-refractivity contribution in [3.8, 4) is 0 Å². The van der Waals surface area contributed by atoms with Gasteiger partial charge in [-0.05, 0) is 18.8 Å². The van der Waals surface area contributed by atoms with Crippen molar-refractivity contribution in [2.24, 2.45) is 5.92 Å². The molecule has 3 nitrogen and oxygen atoms in total. The average Bonchev–Trinajstić information content (AvgIpc) is 2.69. The van der Waals surface area contributed by atoms with Crippen molar-refractivity contribution in [3.05, 3.63) is 18.2 Å². The maximum atomic E-state index is 4.21. The second-order valence-corrected chi connectivity index (χ2v) is 4.29. The highest BCUT2D eigenvalue weighted by Gasteiger charge is 2.20. The second-order valence-electron chi connectivity index (χ2n) is 4.29. The van der Waals surface area contributed by atoms with Crippen molar-refractivity contribution in [1.29, 1.82) is 0 Å². The number of aromatic nitrogens is 2. The predicted octanol–water partition coefficient (Wildman–Crippen LogP) is 2.08. The molecule has 1 aromatic rings. The summed E-state index contributed by atoms with van der Waals surface area (Å²) in [5.41, 5.74) is 0. The standard InChI is InChI=1S/C11H19N3/c1-9-4-2-3-5-10(9)14-8-11-12-6-7-13-11/h6-7,9-10,14H,2-5,8H2,1H3,(H,12,13)/t9-,10-/m0/s1. The summed E-state index contributed by atoms with van der Waals surface area (Å²) >= 11 is 0. The van der Waals surface area contributed by atoms with Gasteiger partial charge >= 0.3 is 0 Å². The zero-order chi connectivity index (χ0) is 9.80. The summed E-state index contributed by atoms with van der Waals surface area (Å²) in [5.74, 6) is 1.86. The molecule has 3 heteroatoms. The van der Waals surface area contributed by atoms with Gasteiger partial charge in [0.15, 0.2) is 0 Å². The van der Waals surface area contributed by atoms with Crippen molar-refractivity contribution in [3.63, 3.8) is 0 Å². The van der Waals surface area contributed by atoms with Crippen LogP contribution >= 0.6 is 0 Å². The predicted molar refractivity (Wildman–Crippen MR) is 56.8 cm³/mol. The Morgan fingerprint density at radius 1 is 1.50 bits per heavy atom. The van der Waals surface area contributed by atoms with E-state index in [1.807, 2.05) is 6.20 Å². The number of hydrogen-bond acceptors (Lipinski definition) is 2. The molecule has 1 fully saturated rings. The van der Waals surface area contributed by atoms with Gasteiger partial charge in [0, 0.05) is 18.4 Å². The molecule has 0 unspecified atom stereocenters. The van der Waals surface area contributed by atoms with Crippen LogP contribution in [0.3, 0.4) is 0 Å². The van der Waals surface area contributed by atoms with Crippen LogP contribution in [-0.2, 0) is 6.54 Å². The fourth-order valence-corrected chi connectivity index (χ4v) is 2.24. The van der Waals surface area contributed by atoms with Crippen LogP contribution in [0, 0.1) is 5.92 Å². The summed E-state index contributed by atoms with van der Waals surface area (Å²) in [5, 5.41) is 3.58. The Hall–Kier alpha value is -0.830. The van der Waals surface area contributed by atoms with Crippen LogP contribution in [0.1, 0.15) is 38.4 Å². The SMILES string of the molecule is C[C@H]1CCCC[C@@H]1NCc1ncc[nH]1. The lowest BCUT2D eigenvalue weighted by molar-refractivity contribution is 0.278. The van der Waals surface area contributed by atoms with Gasteiger partial charge in [0.2, 0.25) is 0 Å². The highest BCUT2D eigenvalue weighted by atomic mass is 15.0. The van der Waals surface area contributed by atoms with Crippen LogP contribution in [-0.4, -0.2) is 16.0 Å². The average molecular weight is 193 g/mol. The third kappa shape index (κ3) is 2.35. The fraction of sp³-hybridized carbons (Fsp3) is 0.727. The molecule has 2 rings (SSSR count). The first-order chi connectivity index (χ1) is 6.86. The Morgan fingerprint density at radius 2 is 2.36 bits per heavy atom. The van der Waals surface area contributed by atoms with E-state index in [1.54, 1.807) is 6.20 Å². The van der Waals surface area contributed by atoms with Crippen LogP contribution in [0.15, 0.2) is 12.4 Å². The number of rotatable bonds is 3. The molecule has 14 heavy (non-hydrogen) atoms. The van der Waals surface area contributed by atoms with Crippen molar-refractivity contribution in [2.45, 2.75) is 45.2 Å². The first-order valence-electron chi connectivity index (χ1n) is 5.58. The summed E-state index contributed by atoms with van der Waals surface area (Å²) < 4.78 is 0. The zero-order valence-corrected chi connectivity index (χ0v) is 8.79. The van der Waals surface area contributed by atoms with Crippen LogP contribution in [0.25, 0.3) is 0 Å². The minimum Gasteiger partial charge on any atom is -0.348 e. The van der Waals surface area contributed by atoms with E-state index in [0.29, 0.717) is 6.04 Å². The van der Waals surface area contributed by atoms with Crippen LogP contribution in [0.4, 0.5) is 0 Å². The lowest BCUT2D eigenvalue weighted by atomic mass is 9.86. The first-order valence-corrected chi connectivity index (χ1v) is 5.58. The first kappa shape index (κ1) is 9.71. The summed E-state index contributed by atoms with van der Waals surface area (Å²) in [4.78, 5) is 7.33. The van der Waals surface area contributed by atoms with E-state index in [2.05, 4.69) is 22.2 Å². The zero-order valence-electron chi connectivity index (χ0n) is 8.79. The Kier molecular flexibility index (Phi) is 3.19. The van der Waals surface area contributed by atoms with Gasteiger partial charge in [-0.25, -0.2) is 4.98 Å². The van der Waals surface area contributed by atoms with E-state index in [4.69, 9.17) is 0 Å². The van der Waals surface area contributed by atoms with Crippen molar-refractivity contribution in [1.82, 2.24) is 15.3 Å². The topological polar surface area (TPSA) is 40.7 Å². The van der Waals surface area contributed by atoms with Crippen LogP contribution < -0.4 is 5.32 Å². The summed E-state index contributed by atoms with van der Waals surface area (Å²) in [6.45, 7) is 3.22. The number of H-pyrrole nitrogens is 1. The Balaban J connectivity index is 1.79. The van der Waals surface area contributed by atoms with Crippen molar-refractivity contribution >= 4 is 0 Å². The molecule has 0 radical (unpaired) electrons. The van der Waals surface area contributed by atoms with Gasteiger partial charge in [-0.15, -0.1) is 0 Å². The Bertz CT molecular complexity index is 256. The molecule has 0 saturated heterocycles. The molecule has 0 bridgehead atoms. The summed E-state index contributed by atoms with van der Waals surface area (Å²) in [6.07, 6.45) is 9.15. The van der Waals surface area contributed by atoms with Gasteiger partial charge in [-0.2, -0.15) is 0 Å². The number of imidazole rings is 1. The van der Waals surface area contributed by atoms with Gasteiger partial charge < -0.3 is 10.3 Å². The van der Waals surface area contributed by atoms with Crippen LogP contribution in [0.2, 0.25) is 0 Å². The van der Waals surface area contributed by atoms with E-state index < -0.39 is 0 Å². The van der Waals surface area contributed by atoms with Gasteiger partial charge in [-0.1, -0.05) is 19.8 Å². The molecule has 1 aliphatic carbocycles. The van der Waals surface area contributed by atoms with E-state index in [0.717, 1.165) is 18.3 Å². The second kappa shape index (κ2) is 4.60. The molecule has 2 N–H and O–H groups in total. The minimum atomic E-state index is 0.689. The maximum absolute atomic E-state index is 4.21. The summed E-state index contributed by atoms with van der Waals surface area (Å²) in [7, 11) is 0. The van der Waals surface area contributed by atoms with E-state index in [9.17, 15) is 0 Å². The molecule has 1 aromatic heterocycles. The Morgan fingerprint density at radius 3 is 3.07 bits per heavy atom. The van der Waals surface area contributed by atoms with E-state index in [1.165, 1.54) is 25.7 Å². The monoisotopic (exact) mass is 193 g/mol. The van der Waals surface area contributed by atoms with Crippen molar-refractivity contribution < 1.29 is 0 Å². The third-order valence-corrected chi connectivity index (χ3v) is 3.20. The molecule has 1 heterocycles. The molecule has 78 valence electrons. The van der Waals surface area contributed by atoms with E-state index >= 15 is 0 Å². The Labute approximate surface area is 85.3 Å². The highest BCUT2D eigenvalue weighted by Crippen LogP contribution is 2.23. The van der Waals surface area contributed by atoms with Gasteiger partial charge in [0.25, 0.3) is 0 Å². The molecule has 0 aromatic carbocycles. The van der Waals surface area contributed by atoms with Gasteiger partial charge in [-0.3, -0.25) is 0 Å². The molecular weight excluding hydrogens is 174 g/mol. The third-order valence-electron chi connectivity index (χ3n) is 3.20. The normalized spacial score (nSPS) is 27.8. The molecule has 0 amide bonds.